The minimum Gasteiger partial charge on any atom is -0.310 e. The fraction of sp³-hybridized carbons (Fsp3) is 0. The maximum atomic E-state index is 2.44. The van der Waals surface area contributed by atoms with Gasteiger partial charge in [-0.15, -0.1) is 11.3 Å². The summed E-state index contributed by atoms with van der Waals surface area (Å²) in [5, 5.41) is 12.8. The maximum absolute atomic E-state index is 2.44. The molecule has 1 heterocycles. The van der Waals surface area contributed by atoms with E-state index in [0.29, 0.717) is 0 Å². The maximum Gasteiger partial charge on any atom is 0.0540 e. The highest BCUT2D eigenvalue weighted by Gasteiger charge is 2.20. The summed E-state index contributed by atoms with van der Waals surface area (Å²) >= 11 is 1.88. The van der Waals surface area contributed by atoms with Crippen LogP contribution in [-0.2, 0) is 0 Å². The van der Waals surface area contributed by atoms with Crippen LogP contribution in [0.25, 0.3) is 96.6 Å². The van der Waals surface area contributed by atoms with Crippen LogP contribution in [0.3, 0.4) is 0 Å². The normalized spacial score (nSPS) is 11.7. The monoisotopic (exact) mass is 779 g/mol. The third-order valence-corrected chi connectivity index (χ3v) is 13.4. The summed E-state index contributed by atoms with van der Waals surface area (Å²) in [5.74, 6) is 0. The van der Waals surface area contributed by atoms with E-state index < -0.39 is 0 Å². The average molecular weight is 780 g/mol. The Morgan fingerprint density at radius 2 is 0.833 bits per heavy atom. The summed E-state index contributed by atoms with van der Waals surface area (Å²) in [6.07, 6.45) is 0. The molecule has 0 saturated carbocycles. The van der Waals surface area contributed by atoms with E-state index in [2.05, 4.69) is 229 Å². The van der Waals surface area contributed by atoms with Crippen molar-refractivity contribution in [2.45, 2.75) is 0 Å². The van der Waals surface area contributed by atoms with Gasteiger partial charge in [0, 0.05) is 37.1 Å². The second-order valence-corrected chi connectivity index (χ2v) is 16.7. The number of rotatable bonds is 6. The second kappa shape index (κ2) is 14.1. The number of anilines is 3. The number of hydrogen-bond donors (Lipinski definition) is 0. The number of para-hydroxylation sites is 1. The third kappa shape index (κ3) is 5.68. The number of hydrogen-bond acceptors (Lipinski definition) is 2. The molecule has 11 aromatic carbocycles. The molecule has 2 heteroatoms. The first-order chi connectivity index (χ1) is 29.7. The Bertz CT molecular complexity index is 3610. The first-order valence-corrected chi connectivity index (χ1v) is 21.4. The van der Waals surface area contributed by atoms with Crippen LogP contribution in [0.5, 0.6) is 0 Å². The van der Waals surface area contributed by atoms with E-state index in [4.69, 9.17) is 0 Å². The lowest BCUT2D eigenvalue weighted by Gasteiger charge is -2.29. The second-order valence-electron chi connectivity index (χ2n) is 15.6. The van der Waals surface area contributed by atoms with Crippen LogP contribution >= 0.6 is 11.3 Å². The van der Waals surface area contributed by atoms with Gasteiger partial charge in [0.15, 0.2) is 0 Å². The Kier molecular flexibility index (Phi) is 8.11. The van der Waals surface area contributed by atoms with E-state index in [1.165, 1.54) is 96.6 Å². The van der Waals surface area contributed by atoms with Gasteiger partial charge < -0.3 is 4.90 Å². The summed E-state index contributed by atoms with van der Waals surface area (Å²) in [5.41, 5.74) is 10.5. The first-order valence-electron chi connectivity index (χ1n) is 20.6. The predicted octanol–water partition coefficient (Wildman–Crippen LogP) is 17.1. The molecule has 12 rings (SSSR count). The summed E-state index contributed by atoms with van der Waals surface area (Å²) in [6.45, 7) is 0. The van der Waals surface area contributed by atoms with Crippen LogP contribution < -0.4 is 4.90 Å². The van der Waals surface area contributed by atoms with Crippen molar-refractivity contribution in [1.82, 2.24) is 0 Å². The molecular weight excluding hydrogens is 743 g/mol. The standard InChI is InChI=1S/C58H37NS/c1-2-13-38(14-3-1)48-20-6-8-25-54(48)59(47-19-11-17-45(36-47)50-23-12-24-52-51-22-7-9-26-55(51)60-58(50)52)46-18-10-16-43(35-46)44-34-29-40-28-31-42-33-32-41-30-27-39-15-4-5-21-49(39)56(41)57(42)53(40)37-44/h1-37H. The minimum absolute atomic E-state index is 1.10. The van der Waals surface area contributed by atoms with Crippen LogP contribution in [0.2, 0.25) is 0 Å². The Morgan fingerprint density at radius 1 is 0.300 bits per heavy atom. The summed E-state index contributed by atoms with van der Waals surface area (Å²) in [4.78, 5) is 2.44. The summed E-state index contributed by atoms with van der Waals surface area (Å²) in [7, 11) is 0. The highest BCUT2D eigenvalue weighted by atomic mass is 32.1. The van der Waals surface area contributed by atoms with E-state index in [1.54, 1.807) is 0 Å². The molecule has 0 aliphatic rings. The zero-order valence-electron chi connectivity index (χ0n) is 32.7. The Labute approximate surface area is 352 Å². The van der Waals surface area contributed by atoms with E-state index >= 15 is 0 Å². The van der Waals surface area contributed by atoms with Crippen LogP contribution in [0.15, 0.2) is 224 Å². The van der Waals surface area contributed by atoms with Gasteiger partial charge in [0.05, 0.1) is 5.69 Å². The lowest BCUT2D eigenvalue weighted by atomic mass is 9.91. The van der Waals surface area contributed by atoms with Gasteiger partial charge in [0.2, 0.25) is 0 Å². The molecule has 0 atom stereocenters. The van der Waals surface area contributed by atoms with Gasteiger partial charge in [0.25, 0.3) is 0 Å². The molecule has 60 heavy (non-hydrogen) atoms. The first kappa shape index (κ1) is 34.5. The van der Waals surface area contributed by atoms with Crippen LogP contribution in [0.4, 0.5) is 17.1 Å². The highest BCUT2D eigenvalue weighted by Crippen LogP contribution is 2.45. The van der Waals surface area contributed by atoms with Crippen molar-refractivity contribution in [3.63, 3.8) is 0 Å². The van der Waals surface area contributed by atoms with Crippen molar-refractivity contribution in [1.29, 1.82) is 0 Å². The molecular formula is C58H37NS. The molecule has 280 valence electrons. The molecule has 0 N–H and O–H groups in total. The quantitative estimate of drug-likeness (QED) is 0.152. The van der Waals surface area contributed by atoms with Crippen LogP contribution in [-0.4, -0.2) is 0 Å². The summed E-state index contributed by atoms with van der Waals surface area (Å²) < 4.78 is 2.63. The Hall–Kier alpha value is -7.52. The van der Waals surface area contributed by atoms with Gasteiger partial charge in [-0.25, -0.2) is 0 Å². The third-order valence-electron chi connectivity index (χ3n) is 12.2. The number of benzene rings is 11. The van der Waals surface area contributed by atoms with Gasteiger partial charge in [-0.05, 0) is 113 Å². The number of thiophene rings is 1. The Morgan fingerprint density at radius 3 is 1.65 bits per heavy atom. The SMILES string of the molecule is c1ccc(-c2ccccc2N(c2cccc(-c3ccc4ccc5ccc6ccc7ccccc7c6c5c4c3)c2)c2cccc(-c3cccc4c3sc3ccccc34)c2)cc1. The average Bonchev–Trinajstić information content (AvgIpc) is 3.71. The van der Waals surface area contributed by atoms with Gasteiger partial charge in [-0.2, -0.15) is 0 Å². The van der Waals surface area contributed by atoms with E-state index in [9.17, 15) is 0 Å². The van der Waals surface area contributed by atoms with Crippen molar-refractivity contribution >= 4 is 91.7 Å². The van der Waals surface area contributed by atoms with Crippen molar-refractivity contribution < 1.29 is 0 Å². The number of nitrogens with zero attached hydrogens (tertiary/aromatic N) is 1. The van der Waals surface area contributed by atoms with E-state index in [0.717, 1.165) is 17.1 Å². The van der Waals surface area contributed by atoms with Crippen molar-refractivity contribution in [3.05, 3.63) is 224 Å². The number of fused-ring (bicyclic) bond motifs is 10. The lowest BCUT2D eigenvalue weighted by Crippen LogP contribution is -2.11. The summed E-state index contributed by atoms with van der Waals surface area (Å²) in [6, 6.07) is 82.5. The molecule has 0 aliphatic carbocycles. The lowest BCUT2D eigenvalue weighted by molar-refractivity contribution is 1.28. The van der Waals surface area contributed by atoms with Crippen molar-refractivity contribution in [2.75, 3.05) is 4.90 Å². The molecule has 0 spiro atoms. The smallest absolute Gasteiger partial charge is 0.0540 e. The zero-order chi connectivity index (χ0) is 39.6. The molecule has 1 nitrogen and oxygen atoms in total. The molecule has 0 amide bonds. The topological polar surface area (TPSA) is 3.24 Å². The fourth-order valence-corrected chi connectivity index (χ4v) is 10.6. The van der Waals surface area contributed by atoms with Gasteiger partial charge in [0.1, 0.15) is 0 Å². The molecule has 0 bridgehead atoms. The van der Waals surface area contributed by atoms with Gasteiger partial charge in [-0.3, -0.25) is 0 Å². The van der Waals surface area contributed by atoms with Crippen LogP contribution in [0.1, 0.15) is 0 Å². The van der Waals surface area contributed by atoms with Gasteiger partial charge >= 0.3 is 0 Å². The van der Waals surface area contributed by atoms with E-state index in [1.807, 2.05) is 11.3 Å². The molecule has 0 radical (unpaired) electrons. The fourth-order valence-electron chi connectivity index (χ4n) is 9.39. The zero-order valence-corrected chi connectivity index (χ0v) is 33.5. The molecule has 0 unspecified atom stereocenters. The molecule has 0 aliphatic heterocycles. The molecule has 1 aromatic heterocycles. The van der Waals surface area contributed by atoms with Gasteiger partial charge in [-0.1, -0.05) is 182 Å². The van der Waals surface area contributed by atoms with E-state index in [-0.39, 0.29) is 0 Å². The molecule has 0 saturated heterocycles. The van der Waals surface area contributed by atoms with Crippen molar-refractivity contribution in [2.24, 2.45) is 0 Å². The molecule has 12 aromatic rings. The largest absolute Gasteiger partial charge is 0.310 e. The highest BCUT2D eigenvalue weighted by molar-refractivity contribution is 7.26. The Balaban J connectivity index is 1.05. The predicted molar refractivity (Wildman–Crippen MR) is 260 cm³/mol. The molecule has 0 fully saturated rings. The van der Waals surface area contributed by atoms with Crippen LogP contribution in [0, 0.1) is 0 Å². The minimum atomic E-state index is 1.10. The van der Waals surface area contributed by atoms with Crippen molar-refractivity contribution in [3.8, 4) is 33.4 Å².